The fourth-order valence-electron chi connectivity index (χ4n) is 1.72. The molecule has 0 N–H and O–H groups in total. The summed E-state index contributed by atoms with van der Waals surface area (Å²) in [7, 11) is -4.67. The van der Waals surface area contributed by atoms with Gasteiger partial charge in [-0.15, -0.1) is 0 Å². The number of benzene rings is 1. The second kappa shape index (κ2) is 6.97. The Morgan fingerprint density at radius 1 is 1.15 bits per heavy atom. The van der Waals surface area contributed by atoms with Crippen LogP contribution in [0.15, 0.2) is 24.3 Å². The first-order chi connectivity index (χ1) is 9.23. The molecule has 0 bridgehead atoms. The lowest BCUT2D eigenvalue weighted by molar-refractivity contribution is -0.107. The maximum Gasteiger partial charge on any atom is 0.406 e. The number of para-hydroxylation sites is 1. The third-order valence-corrected chi connectivity index (χ3v) is 3.69. The van der Waals surface area contributed by atoms with E-state index in [2.05, 4.69) is 4.18 Å². The Morgan fingerprint density at radius 3 is 2.40 bits per heavy atom. The molecule has 114 valence electrons. The first kappa shape index (κ1) is 16.8. The van der Waals surface area contributed by atoms with Crippen LogP contribution >= 0.6 is 0 Å². The Bertz CT molecular complexity index is 524. The van der Waals surface area contributed by atoms with E-state index in [-0.39, 0.29) is 5.75 Å². The predicted molar refractivity (Wildman–Crippen MR) is 70.1 cm³/mol. The average Bonchev–Trinajstić information content (AvgIpc) is 2.28. The van der Waals surface area contributed by atoms with Crippen LogP contribution in [-0.2, 0) is 16.5 Å². The van der Waals surface area contributed by atoms with Crippen LogP contribution in [0.3, 0.4) is 0 Å². The molecule has 20 heavy (non-hydrogen) atoms. The molecule has 0 saturated carbocycles. The summed E-state index contributed by atoms with van der Waals surface area (Å²) in [4.78, 5) is 0. The molecule has 0 aliphatic rings. The van der Waals surface area contributed by atoms with Gasteiger partial charge in [-0.1, -0.05) is 38.0 Å². The maximum absolute atomic E-state index is 12.1. The van der Waals surface area contributed by atoms with E-state index >= 15 is 0 Å². The minimum atomic E-state index is -4.81. The SMILES string of the molecule is CCCCCc1ccccc1OS(=O)(=O)CC(F)(F)F. The van der Waals surface area contributed by atoms with E-state index in [1.54, 1.807) is 12.1 Å². The van der Waals surface area contributed by atoms with Crippen LogP contribution in [0, 0.1) is 0 Å². The normalized spacial score (nSPS) is 12.4. The van der Waals surface area contributed by atoms with E-state index in [1.165, 1.54) is 12.1 Å². The average molecular weight is 310 g/mol. The van der Waals surface area contributed by atoms with Crippen molar-refractivity contribution in [3.05, 3.63) is 29.8 Å². The number of hydrogen-bond donors (Lipinski definition) is 0. The molecule has 0 amide bonds. The summed E-state index contributed by atoms with van der Waals surface area (Å²) in [6.45, 7) is 2.02. The van der Waals surface area contributed by atoms with Gasteiger partial charge in [-0.25, -0.2) is 0 Å². The summed E-state index contributed by atoms with van der Waals surface area (Å²) < 4.78 is 63.7. The molecular formula is C13H17F3O3S. The van der Waals surface area contributed by atoms with Crippen LogP contribution in [0.4, 0.5) is 13.2 Å². The molecule has 1 rings (SSSR count). The summed E-state index contributed by atoms with van der Waals surface area (Å²) in [5.41, 5.74) is 0.603. The van der Waals surface area contributed by atoms with Crippen LogP contribution in [0.25, 0.3) is 0 Å². The molecule has 1 aromatic carbocycles. The van der Waals surface area contributed by atoms with Gasteiger partial charge in [0.2, 0.25) is 0 Å². The van der Waals surface area contributed by atoms with Gasteiger partial charge in [0.1, 0.15) is 5.75 Å². The number of hydrogen-bond acceptors (Lipinski definition) is 3. The first-order valence-corrected chi connectivity index (χ1v) is 7.88. The van der Waals surface area contributed by atoms with Crippen LogP contribution in [-0.4, -0.2) is 20.3 Å². The van der Waals surface area contributed by atoms with Crippen molar-refractivity contribution in [3.8, 4) is 5.75 Å². The topological polar surface area (TPSA) is 43.4 Å². The molecule has 0 unspecified atom stereocenters. The zero-order chi connectivity index (χ0) is 15.2. The van der Waals surface area contributed by atoms with Gasteiger partial charge in [0.05, 0.1) is 0 Å². The highest BCUT2D eigenvalue weighted by atomic mass is 32.2. The fourth-order valence-corrected chi connectivity index (χ4v) is 2.62. The number of alkyl halides is 3. The van der Waals surface area contributed by atoms with E-state index in [0.717, 1.165) is 19.3 Å². The third-order valence-electron chi connectivity index (χ3n) is 2.58. The van der Waals surface area contributed by atoms with Gasteiger partial charge < -0.3 is 4.18 Å². The molecule has 0 atom stereocenters. The van der Waals surface area contributed by atoms with Gasteiger partial charge >= 0.3 is 16.3 Å². The Hall–Kier alpha value is -1.24. The standard InChI is InChI=1S/C13H17F3O3S/c1-2-3-4-7-11-8-5-6-9-12(11)19-20(17,18)10-13(14,15)16/h5-6,8-9H,2-4,7,10H2,1H3. The summed E-state index contributed by atoms with van der Waals surface area (Å²) in [6, 6.07) is 6.26. The molecule has 0 saturated heterocycles. The van der Waals surface area contributed by atoms with E-state index in [9.17, 15) is 21.6 Å². The van der Waals surface area contributed by atoms with E-state index in [0.29, 0.717) is 12.0 Å². The van der Waals surface area contributed by atoms with Crippen molar-refractivity contribution < 1.29 is 25.8 Å². The second-order valence-corrected chi connectivity index (χ2v) is 6.04. The lowest BCUT2D eigenvalue weighted by Crippen LogP contribution is -2.26. The summed E-state index contributed by atoms with van der Waals surface area (Å²) in [5.74, 6) is -2.00. The molecule has 0 aliphatic heterocycles. The van der Waals surface area contributed by atoms with Crippen molar-refractivity contribution in [2.45, 2.75) is 38.8 Å². The van der Waals surface area contributed by atoms with Crippen molar-refractivity contribution in [1.29, 1.82) is 0 Å². The third kappa shape index (κ3) is 6.27. The Balaban J connectivity index is 2.81. The molecule has 3 nitrogen and oxygen atoms in total. The van der Waals surface area contributed by atoms with Crippen LogP contribution in [0.5, 0.6) is 5.75 Å². The molecule has 0 spiro atoms. The predicted octanol–water partition coefficient (Wildman–Crippen LogP) is 3.69. The zero-order valence-electron chi connectivity index (χ0n) is 11.1. The molecular weight excluding hydrogens is 293 g/mol. The second-order valence-electron chi connectivity index (χ2n) is 4.47. The monoisotopic (exact) mass is 310 g/mol. The molecule has 7 heteroatoms. The molecule has 0 radical (unpaired) electrons. The van der Waals surface area contributed by atoms with Crippen LogP contribution in [0.2, 0.25) is 0 Å². The largest absolute Gasteiger partial charge is 0.406 e. The lowest BCUT2D eigenvalue weighted by atomic mass is 10.1. The summed E-state index contributed by atoms with van der Waals surface area (Å²) in [6.07, 6.45) is -1.45. The van der Waals surface area contributed by atoms with Gasteiger partial charge in [-0.05, 0) is 24.5 Å². The van der Waals surface area contributed by atoms with Gasteiger partial charge in [-0.3, -0.25) is 0 Å². The minimum absolute atomic E-state index is 0.0205. The van der Waals surface area contributed by atoms with Gasteiger partial charge in [-0.2, -0.15) is 21.6 Å². The van der Waals surface area contributed by atoms with Crippen molar-refractivity contribution in [2.75, 3.05) is 5.75 Å². The first-order valence-electron chi connectivity index (χ1n) is 6.30. The number of unbranched alkanes of at least 4 members (excludes halogenated alkanes) is 2. The number of halogens is 3. The van der Waals surface area contributed by atoms with E-state index < -0.39 is 22.0 Å². The highest BCUT2D eigenvalue weighted by Crippen LogP contribution is 2.25. The molecule has 0 aromatic heterocycles. The van der Waals surface area contributed by atoms with Crippen molar-refractivity contribution in [2.24, 2.45) is 0 Å². The van der Waals surface area contributed by atoms with Crippen molar-refractivity contribution in [3.63, 3.8) is 0 Å². The summed E-state index contributed by atoms with van der Waals surface area (Å²) in [5, 5.41) is 0. The highest BCUT2D eigenvalue weighted by molar-refractivity contribution is 7.87. The summed E-state index contributed by atoms with van der Waals surface area (Å²) >= 11 is 0. The van der Waals surface area contributed by atoms with Gasteiger partial charge in [0.25, 0.3) is 0 Å². The smallest absolute Gasteiger partial charge is 0.382 e. The Kier molecular flexibility index (Phi) is 5.86. The minimum Gasteiger partial charge on any atom is -0.382 e. The van der Waals surface area contributed by atoms with Crippen LogP contribution in [0.1, 0.15) is 31.7 Å². The van der Waals surface area contributed by atoms with Crippen molar-refractivity contribution in [1.82, 2.24) is 0 Å². The highest BCUT2D eigenvalue weighted by Gasteiger charge is 2.36. The fraction of sp³-hybridized carbons (Fsp3) is 0.538. The zero-order valence-corrected chi connectivity index (χ0v) is 11.9. The molecule has 0 heterocycles. The quantitative estimate of drug-likeness (QED) is 0.570. The Morgan fingerprint density at radius 2 is 1.80 bits per heavy atom. The Labute approximate surface area is 116 Å². The van der Waals surface area contributed by atoms with Crippen molar-refractivity contribution >= 4 is 10.1 Å². The van der Waals surface area contributed by atoms with Gasteiger partial charge in [0, 0.05) is 0 Å². The van der Waals surface area contributed by atoms with E-state index in [1.807, 2.05) is 6.92 Å². The maximum atomic E-state index is 12.1. The molecule has 0 aliphatic carbocycles. The van der Waals surface area contributed by atoms with E-state index in [4.69, 9.17) is 0 Å². The molecule has 1 aromatic rings. The van der Waals surface area contributed by atoms with Crippen LogP contribution < -0.4 is 4.18 Å². The lowest BCUT2D eigenvalue weighted by Gasteiger charge is -2.12. The number of aryl methyl sites for hydroxylation is 1. The number of rotatable bonds is 7. The van der Waals surface area contributed by atoms with Gasteiger partial charge in [0.15, 0.2) is 5.75 Å². The molecule has 0 fully saturated rings.